The number of halogens is 2. The quantitative estimate of drug-likeness (QED) is 0.430. The molecule has 184 valence electrons. The highest BCUT2D eigenvalue weighted by atomic mass is 19.1. The fraction of sp³-hybridized carbons (Fsp3) is 0.269. The van der Waals surface area contributed by atoms with E-state index < -0.39 is 22.8 Å². The molecule has 1 saturated heterocycles. The number of hydrogen-bond acceptors (Lipinski definition) is 6. The van der Waals surface area contributed by atoms with E-state index in [0.29, 0.717) is 30.5 Å². The number of amides is 1. The predicted octanol–water partition coefficient (Wildman–Crippen LogP) is 3.83. The van der Waals surface area contributed by atoms with E-state index in [1.807, 2.05) is 0 Å². The largest absolute Gasteiger partial charge is 0.383 e. The van der Waals surface area contributed by atoms with Crippen LogP contribution in [0.4, 0.5) is 14.6 Å². The number of rotatable bonds is 5. The van der Waals surface area contributed by atoms with E-state index in [1.165, 1.54) is 42.8 Å². The number of aromatic nitrogens is 4. The van der Waals surface area contributed by atoms with Gasteiger partial charge in [-0.1, -0.05) is 30.9 Å². The van der Waals surface area contributed by atoms with Gasteiger partial charge < -0.3 is 10.6 Å². The average Bonchev–Trinajstić information content (AvgIpc) is 3.29. The zero-order chi connectivity index (χ0) is 25.4. The van der Waals surface area contributed by atoms with Gasteiger partial charge in [0.2, 0.25) is 5.91 Å². The van der Waals surface area contributed by atoms with E-state index in [2.05, 4.69) is 16.5 Å². The number of fused-ring (bicyclic) bond motifs is 1. The Kier molecular flexibility index (Phi) is 5.95. The summed E-state index contributed by atoms with van der Waals surface area (Å²) in [6, 6.07) is 5.00. The summed E-state index contributed by atoms with van der Waals surface area (Å²) in [5.74, 6) is -1.74. The molecule has 2 unspecified atom stereocenters. The first-order chi connectivity index (χ1) is 17.3. The van der Waals surface area contributed by atoms with Crippen LogP contribution in [0, 0.1) is 5.82 Å². The molecular formula is C26H24F2N6O2. The Hall–Kier alpha value is -4.21. The van der Waals surface area contributed by atoms with Gasteiger partial charge in [0.1, 0.15) is 29.2 Å². The SMILES string of the molecule is C=CC(=O)N1CCCC(n2nc(C3(C(=O)c4cccc(F)c4)C=CC=C(F)C3)c3c(N)ncnc32)C1. The number of carbonyl (C=O) groups excluding carboxylic acids is 2. The Labute approximate surface area is 205 Å². The molecule has 0 spiro atoms. The fourth-order valence-electron chi connectivity index (χ4n) is 5.06. The lowest BCUT2D eigenvalue weighted by Crippen LogP contribution is -2.40. The van der Waals surface area contributed by atoms with Gasteiger partial charge in [-0.05, 0) is 37.1 Å². The summed E-state index contributed by atoms with van der Waals surface area (Å²) in [5.41, 5.74) is 5.32. The molecule has 3 aromatic rings. The van der Waals surface area contributed by atoms with Crippen molar-refractivity contribution in [2.45, 2.75) is 30.7 Å². The van der Waals surface area contributed by atoms with Crippen LogP contribution in [0.25, 0.3) is 11.0 Å². The first kappa shape index (κ1) is 23.5. The zero-order valence-electron chi connectivity index (χ0n) is 19.4. The third kappa shape index (κ3) is 3.88. The van der Waals surface area contributed by atoms with Crippen molar-refractivity contribution in [2.24, 2.45) is 0 Å². The number of nitrogen functional groups attached to an aromatic ring is 1. The Morgan fingerprint density at radius 1 is 1.25 bits per heavy atom. The Morgan fingerprint density at radius 3 is 2.83 bits per heavy atom. The molecule has 10 heteroatoms. The molecular weight excluding hydrogens is 466 g/mol. The van der Waals surface area contributed by atoms with Gasteiger partial charge >= 0.3 is 0 Å². The van der Waals surface area contributed by atoms with Gasteiger partial charge in [0, 0.05) is 25.1 Å². The first-order valence-corrected chi connectivity index (χ1v) is 11.6. The highest BCUT2D eigenvalue weighted by molar-refractivity contribution is 6.08. The Balaban J connectivity index is 1.70. The van der Waals surface area contributed by atoms with Gasteiger partial charge in [0.15, 0.2) is 11.4 Å². The van der Waals surface area contributed by atoms with Crippen molar-refractivity contribution in [2.75, 3.05) is 18.8 Å². The molecule has 3 heterocycles. The molecule has 0 bridgehead atoms. The molecule has 2 N–H and O–H groups in total. The highest BCUT2D eigenvalue weighted by Crippen LogP contribution is 2.43. The number of benzene rings is 1. The molecule has 1 aliphatic carbocycles. The lowest BCUT2D eigenvalue weighted by Gasteiger charge is -2.32. The van der Waals surface area contributed by atoms with E-state index in [9.17, 15) is 18.4 Å². The summed E-state index contributed by atoms with van der Waals surface area (Å²) in [6.45, 7) is 4.52. The summed E-state index contributed by atoms with van der Waals surface area (Å²) in [4.78, 5) is 36.4. The number of carbonyl (C=O) groups is 2. The standard InChI is InChI=1S/C26H24F2N6O2/c1-2-20(35)33-11-5-9-19(14-33)34-25-21(24(29)30-15-31-25)22(32-34)26(10-4-8-18(28)13-26)23(36)16-6-3-7-17(27)12-16/h2-4,6-8,10,12,15,19H,1,5,9,11,13-14H2,(H2,29,30,31). The molecule has 2 atom stereocenters. The monoisotopic (exact) mass is 490 g/mol. The molecule has 0 radical (unpaired) electrons. The van der Waals surface area contributed by atoms with Crippen molar-refractivity contribution >= 4 is 28.5 Å². The summed E-state index contributed by atoms with van der Waals surface area (Å²) in [7, 11) is 0. The van der Waals surface area contributed by atoms with E-state index >= 15 is 0 Å². The zero-order valence-corrected chi connectivity index (χ0v) is 19.4. The van der Waals surface area contributed by atoms with Crippen molar-refractivity contribution < 1.29 is 18.4 Å². The average molecular weight is 491 g/mol. The van der Waals surface area contributed by atoms with Gasteiger partial charge in [-0.15, -0.1) is 0 Å². The molecule has 8 nitrogen and oxygen atoms in total. The third-order valence-corrected chi connectivity index (χ3v) is 6.77. The summed E-state index contributed by atoms with van der Waals surface area (Å²) in [6.07, 6.45) is 7.97. The van der Waals surface area contributed by atoms with Crippen molar-refractivity contribution in [3.63, 3.8) is 0 Å². The van der Waals surface area contributed by atoms with Crippen LogP contribution in [0.15, 0.2) is 67.3 Å². The topological polar surface area (TPSA) is 107 Å². The maximum atomic E-state index is 14.8. The lowest BCUT2D eigenvalue weighted by atomic mass is 9.71. The van der Waals surface area contributed by atoms with Crippen LogP contribution in [0.5, 0.6) is 0 Å². The lowest BCUT2D eigenvalue weighted by molar-refractivity contribution is -0.127. The van der Waals surface area contributed by atoms with Crippen molar-refractivity contribution in [1.82, 2.24) is 24.6 Å². The number of nitrogens with two attached hydrogens (primary N) is 1. The van der Waals surface area contributed by atoms with Crippen molar-refractivity contribution in [3.05, 3.63) is 84.4 Å². The summed E-state index contributed by atoms with van der Waals surface area (Å²) in [5, 5.41) is 5.13. The van der Waals surface area contributed by atoms with Crippen LogP contribution in [-0.2, 0) is 10.2 Å². The van der Waals surface area contributed by atoms with Crippen LogP contribution < -0.4 is 5.73 Å². The molecule has 1 aliphatic heterocycles. The summed E-state index contributed by atoms with van der Waals surface area (Å²) < 4.78 is 30.5. The highest BCUT2D eigenvalue weighted by Gasteiger charge is 2.45. The number of ketones is 1. The normalized spacial score (nSPS) is 21.9. The van der Waals surface area contributed by atoms with Crippen LogP contribution >= 0.6 is 0 Å². The van der Waals surface area contributed by atoms with Gasteiger partial charge in [0.25, 0.3) is 0 Å². The number of hydrogen-bond donors (Lipinski definition) is 1. The smallest absolute Gasteiger partial charge is 0.246 e. The second kappa shape index (κ2) is 9.10. The number of allylic oxidation sites excluding steroid dienone is 4. The minimum absolute atomic E-state index is 0.0768. The predicted molar refractivity (Wildman–Crippen MR) is 130 cm³/mol. The molecule has 0 saturated carbocycles. The number of anilines is 1. The first-order valence-electron chi connectivity index (χ1n) is 11.6. The maximum Gasteiger partial charge on any atom is 0.246 e. The maximum absolute atomic E-state index is 14.8. The number of piperidine rings is 1. The molecule has 36 heavy (non-hydrogen) atoms. The molecule has 2 aromatic heterocycles. The Bertz CT molecular complexity index is 1450. The van der Waals surface area contributed by atoms with Crippen molar-refractivity contribution in [3.8, 4) is 0 Å². The van der Waals surface area contributed by atoms with Gasteiger partial charge in [-0.25, -0.2) is 23.4 Å². The number of likely N-dealkylation sites (tertiary alicyclic amines) is 1. The molecule has 5 rings (SSSR count). The fourth-order valence-corrected chi connectivity index (χ4v) is 5.06. The van der Waals surface area contributed by atoms with E-state index in [4.69, 9.17) is 10.8 Å². The third-order valence-electron chi connectivity index (χ3n) is 6.77. The number of Topliss-reactive ketones (excluding diaryl/α,β-unsaturated/α-hetero) is 1. The van der Waals surface area contributed by atoms with Gasteiger partial charge in [-0.2, -0.15) is 5.10 Å². The van der Waals surface area contributed by atoms with E-state index in [1.54, 1.807) is 15.7 Å². The second-order valence-electron chi connectivity index (χ2n) is 9.00. The molecule has 1 aromatic carbocycles. The van der Waals surface area contributed by atoms with E-state index in [-0.39, 0.29) is 35.4 Å². The van der Waals surface area contributed by atoms with Crippen LogP contribution in [0.1, 0.15) is 41.4 Å². The second-order valence-corrected chi connectivity index (χ2v) is 9.00. The molecule has 1 amide bonds. The minimum Gasteiger partial charge on any atom is -0.383 e. The molecule has 1 fully saturated rings. The summed E-state index contributed by atoms with van der Waals surface area (Å²) >= 11 is 0. The minimum atomic E-state index is -1.60. The molecule has 2 aliphatic rings. The van der Waals surface area contributed by atoms with Crippen LogP contribution in [0.3, 0.4) is 0 Å². The number of nitrogens with zero attached hydrogens (tertiary/aromatic N) is 5. The Morgan fingerprint density at radius 2 is 2.08 bits per heavy atom. The van der Waals surface area contributed by atoms with Crippen LogP contribution in [-0.4, -0.2) is 49.4 Å². The van der Waals surface area contributed by atoms with Crippen molar-refractivity contribution in [1.29, 1.82) is 0 Å². The van der Waals surface area contributed by atoms with E-state index in [0.717, 1.165) is 12.5 Å². The van der Waals surface area contributed by atoms with Crippen LogP contribution in [0.2, 0.25) is 0 Å². The van der Waals surface area contributed by atoms with Gasteiger partial charge in [0.05, 0.1) is 17.1 Å². The van der Waals surface area contributed by atoms with Gasteiger partial charge in [-0.3, -0.25) is 9.59 Å².